The van der Waals surface area contributed by atoms with Crippen molar-refractivity contribution in [2.75, 3.05) is 18.4 Å². The first-order valence-electron chi connectivity index (χ1n) is 11.3. The zero-order valence-electron chi connectivity index (χ0n) is 18.1. The van der Waals surface area contributed by atoms with Crippen molar-refractivity contribution in [1.82, 2.24) is 20.1 Å². The number of likely N-dealkylation sites (tertiary alicyclic amines) is 1. The zero-order valence-corrected chi connectivity index (χ0v) is 18.1. The lowest BCUT2D eigenvalue weighted by molar-refractivity contribution is -0.138. The Bertz CT molecular complexity index is 933. The number of hydrogen-bond donors (Lipinski definition) is 2. The summed E-state index contributed by atoms with van der Waals surface area (Å²) in [7, 11) is 0. The number of carbonyl (C=O) groups excluding carboxylic acids is 1. The predicted octanol–water partition coefficient (Wildman–Crippen LogP) is 5.08. The summed E-state index contributed by atoms with van der Waals surface area (Å²) in [4.78, 5) is 19.3. The fourth-order valence-electron chi connectivity index (χ4n) is 4.89. The van der Waals surface area contributed by atoms with Crippen LogP contribution in [0, 0.1) is 5.92 Å². The van der Waals surface area contributed by atoms with E-state index in [4.69, 9.17) is 0 Å². The summed E-state index contributed by atoms with van der Waals surface area (Å²) in [6.45, 7) is 4.79. The highest BCUT2D eigenvalue weighted by Gasteiger charge is 2.37. The predicted molar refractivity (Wildman–Crippen MR) is 113 cm³/mol. The fourth-order valence-corrected chi connectivity index (χ4v) is 4.89. The summed E-state index contributed by atoms with van der Waals surface area (Å²) in [6, 6.07) is 1.09. The van der Waals surface area contributed by atoms with E-state index < -0.39 is 11.7 Å². The molecule has 1 amide bonds. The Labute approximate surface area is 180 Å². The van der Waals surface area contributed by atoms with Gasteiger partial charge in [0.15, 0.2) is 11.5 Å². The Kier molecular flexibility index (Phi) is 6.12. The molecule has 9 heteroatoms. The first kappa shape index (κ1) is 21.9. The molecule has 1 aliphatic heterocycles. The van der Waals surface area contributed by atoms with Crippen LogP contribution in [0.2, 0.25) is 0 Å². The molecule has 1 saturated heterocycles. The number of fused-ring (bicyclic) bond motifs is 1. The topological polar surface area (TPSA) is 73.9 Å². The molecule has 4 rings (SSSR count). The molecule has 31 heavy (non-hydrogen) atoms. The first-order valence-corrected chi connectivity index (χ1v) is 11.3. The van der Waals surface area contributed by atoms with Crippen molar-refractivity contribution in [2.45, 2.75) is 76.9 Å². The number of alkyl halides is 3. The summed E-state index contributed by atoms with van der Waals surface area (Å²) in [6.07, 6.45) is 2.13. The number of rotatable bonds is 4. The number of halogens is 3. The molecular formula is C22H30F3N5O. The van der Waals surface area contributed by atoms with Gasteiger partial charge in [0.05, 0.1) is 10.9 Å². The number of nitrogens with zero attached hydrogens (tertiary/aromatic N) is 3. The van der Waals surface area contributed by atoms with Crippen LogP contribution in [0.3, 0.4) is 0 Å². The second-order valence-corrected chi connectivity index (χ2v) is 9.15. The lowest BCUT2D eigenvalue weighted by Gasteiger charge is -2.36. The normalized spacial score (nSPS) is 21.1. The number of nitrogens with one attached hydrogen (secondary N) is 2. The Morgan fingerprint density at radius 1 is 1.19 bits per heavy atom. The quantitative estimate of drug-likeness (QED) is 0.699. The van der Waals surface area contributed by atoms with Crippen LogP contribution < -0.4 is 5.32 Å². The van der Waals surface area contributed by atoms with Crippen LogP contribution in [0.1, 0.15) is 76.0 Å². The number of amides is 1. The first-order chi connectivity index (χ1) is 14.7. The Morgan fingerprint density at radius 2 is 1.94 bits per heavy atom. The Hall–Kier alpha value is -2.32. The van der Waals surface area contributed by atoms with E-state index in [1.165, 1.54) is 6.42 Å². The molecule has 0 spiro atoms. The molecule has 1 aliphatic carbocycles. The molecule has 170 valence electrons. The summed E-state index contributed by atoms with van der Waals surface area (Å²) in [5.41, 5.74) is -0.232. The molecule has 2 aliphatic rings. The molecular weight excluding hydrogens is 407 g/mol. The van der Waals surface area contributed by atoms with E-state index in [1.807, 2.05) is 18.7 Å². The summed E-state index contributed by atoms with van der Waals surface area (Å²) >= 11 is 0. The number of piperidine rings is 1. The van der Waals surface area contributed by atoms with Crippen molar-refractivity contribution < 1.29 is 18.0 Å². The number of carbonyl (C=O) groups is 1. The van der Waals surface area contributed by atoms with Gasteiger partial charge in [-0.25, -0.2) is 4.98 Å². The minimum Gasteiger partial charge on any atom is -0.366 e. The molecule has 6 nitrogen and oxygen atoms in total. The van der Waals surface area contributed by atoms with E-state index in [0.717, 1.165) is 44.6 Å². The maximum absolute atomic E-state index is 13.9. The Morgan fingerprint density at radius 3 is 2.61 bits per heavy atom. The monoisotopic (exact) mass is 437 g/mol. The minimum absolute atomic E-state index is 0.0316. The SMILES string of the molecule is CC(C)Nc1n[nH]c2nc(C3CCCN(C(=O)C4CCCCC4)C3)cc(C(F)(F)F)c12. The molecule has 0 aromatic carbocycles. The van der Waals surface area contributed by atoms with E-state index in [0.29, 0.717) is 18.8 Å². The lowest BCUT2D eigenvalue weighted by atomic mass is 9.86. The van der Waals surface area contributed by atoms with Crippen LogP contribution in [-0.4, -0.2) is 45.1 Å². The summed E-state index contributed by atoms with van der Waals surface area (Å²) < 4.78 is 41.8. The summed E-state index contributed by atoms with van der Waals surface area (Å²) in [5, 5.41) is 9.63. The average molecular weight is 438 g/mol. The van der Waals surface area contributed by atoms with Gasteiger partial charge in [-0.1, -0.05) is 19.3 Å². The van der Waals surface area contributed by atoms with Crippen LogP contribution in [0.5, 0.6) is 0 Å². The lowest BCUT2D eigenvalue weighted by Crippen LogP contribution is -2.43. The molecule has 0 bridgehead atoms. The van der Waals surface area contributed by atoms with Gasteiger partial charge in [0.25, 0.3) is 0 Å². The third kappa shape index (κ3) is 4.65. The number of aromatic nitrogens is 3. The van der Waals surface area contributed by atoms with Crippen molar-refractivity contribution >= 4 is 22.8 Å². The largest absolute Gasteiger partial charge is 0.417 e. The van der Waals surface area contributed by atoms with Crippen LogP contribution in [0.15, 0.2) is 6.07 Å². The second-order valence-electron chi connectivity index (χ2n) is 9.15. The molecule has 3 heterocycles. The third-order valence-electron chi connectivity index (χ3n) is 6.39. The molecule has 1 atom stereocenters. The fraction of sp³-hybridized carbons (Fsp3) is 0.682. The van der Waals surface area contributed by atoms with Gasteiger partial charge in [0.2, 0.25) is 5.91 Å². The number of H-pyrrole nitrogens is 1. The molecule has 1 unspecified atom stereocenters. The van der Waals surface area contributed by atoms with Crippen LogP contribution in [0.25, 0.3) is 11.0 Å². The summed E-state index contributed by atoms with van der Waals surface area (Å²) in [5.74, 6) is 0.170. The maximum Gasteiger partial charge on any atom is 0.417 e. The van der Waals surface area contributed by atoms with E-state index >= 15 is 0 Å². The van der Waals surface area contributed by atoms with Crippen molar-refractivity contribution in [3.05, 3.63) is 17.3 Å². The maximum atomic E-state index is 13.9. The molecule has 2 aromatic heterocycles. The molecule has 2 fully saturated rings. The highest BCUT2D eigenvalue weighted by Crippen LogP contribution is 2.40. The van der Waals surface area contributed by atoms with Gasteiger partial charge in [-0.3, -0.25) is 9.89 Å². The van der Waals surface area contributed by atoms with Gasteiger partial charge in [-0.05, 0) is 45.6 Å². The standard InChI is InChI=1S/C22H30F3N5O/c1-13(2)26-19-18-16(22(23,24)25)11-17(27-20(18)29-28-19)15-9-6-10-30(12-15)21(31)14-7-4-3-5-8-14/h11,13-15H,3-10,12H2,1-2H3,(H2,26,27,28,29). The molecule has 2 N–H and O–H groups in total. The smallest absolute Gasteiger partial charge is 0.366 e. The number of hydrogen-bond acceptors (Lipinski definition) is 4. The van der Waals surface area contributed by atoms with Gasteiger partial charge in [-0.15, -0.1) is 0 Å². The molecule has 0 radical (unpaired) electrons. The van der Waals surface area contributed by atoms with Crippen molar-refractivity contribution in [3.8, 4) is 0 Å². The van der Waals surface area contributed by atoms with E-state index in [9.17, 15) is 18.0 Å². The van der Waals surface area contributed by atoms with Crippen LogP contribution >= 0.6 is 0 Å². The van der Waals surface area contributed by atoms with Crippen LogP contribution in [0.4, 0.5) is 19.0 Å². The highest BCUT2D eigenvalue weighted by atomic mass is 19.4. The van der Waals surface area contributed by atoms with Gasteiger partial charge in [-0.2, -0.15) is 18.3 Å². The molecule has 2 aromatic rings. The van der Waals surface area contributed by atoms with E-state index in [1.54, 1.807) is 0 Å². The van der Waals surface area contributed by atoms with Gasteiger partial charge < -0.3 is 10.2 Å². The van der Waals surface area contributed by atoms with Crippen molar-refractivity contribution in [1.29, 1.82) is 0 Å². The average Bonchev–Trinajstić information content (AvgIpc) is 3.14. The van der Waals surface area contributed by atoms with Gasteiger partial charge in [0.1, 0.15) is 0 Å². The highest BCUT2D eigenvalue weighted by molar-refractivity contribution is 5.91. The van der Waals surface area contributed by atoms with Crippen molar-refractivity contribution in [3.63, 3.8) is 0 Å². The van der Waals surface area contributed by atoms with E-state index in [2.05, 4.69) is 20.5 Å². The second kappa shape index (κ2) is 8.67. The van der Waals surface area contributed by atoms with Crippen molar-refractivity contribution in [2.24, 2.45) is 5.92 Å². The number of anilines is 1. The van der Waals surface area contributed by atoms with Gasteiger partial charge in [0, 0.05) is 36.7 Å². The van der Waals surface area contributed by atoms with Crippen LogP contribution in [-0.2, 0) is 11.0 Å². The molecule has 1 saturated carbocycles. The number of pyridine rings is 1. The van der Waals surface area contributed by atoms with E-state index in [-0.39, 0.29) is 40.6 Å². The minimum atomic E-state index is -4.53. The number of aromatic amines is 1. The zero-order chi connectivity index (χ0) is 22.2. The third-order valence-corrected chi connectivity index (χ3v) is 6.39. The Balaban J connectivity index is 1.63. The van der Waals surface area contributed by atoms with Gasteiger partial charge >= 0.3 is 6.18 Å².